The van der Waals surface area contributed by atoms with Crippen molar-refractivity contribution < 1.29 is 9.68 Å². The van der Waals surface area contributed by atoms with Gasteiger partial charge in [0.05, 0.1) is 0 Å². The van der Waals surface area contributed by atoms with Crippen molar-refractivity contribution in [2.75, 3.05) is 0 Å². The number of hydrogen-bond acceptors (Lipinski definition) is 3. The van der Waals surface area contributed by atoms with Gasteiger partial charge < -0.3 is 9.68 Å². The van der Waals surface area contributed by atoms with E-state index in [-0.39, 0.29) is 0 Å². The maximum atomic E-state index is 9.67. The first-order valence-corrected chi connectivity index (χ1v) is 5.22. The van der Waals surface area contributed by atoms with E-state index in [1.807, 2.05) is 47.2 Å². The number of hydrogen-bond donors (Lipinski definition) is 1. The molecule has 1 heterocycles. The maximum Gasteiger partial charge on any atom is 0.560 e. The Labute approximate surface area is 86.9 Å². The van der Waals surface area contributed by atoms with Gasteiger partial charge in [0.2, 0.25) is 0 Å². The van der Waals surface area contributed by atoms with Crippen LogP contribution in [0.25, 0.3) is 0 Å². The highest BCUT2D eigenvalue weighted by molar-refractivity contribution is 7.08. The van der Waals surface area contributed by atoms with Crippen molar-refractivity contribution in [3.05, 3.63) is 47.2 Å². The van der Waals surface area contributed by atoms with Gasteiger partial charge in [-0.05, 0) is 16.9 Å². The van der Waals surface area contributed by atoms with Crippen molar-refractivity contribution in [1.82, 2.24) is 0 Å². The monoisotopic (exact) mass is 204 g/mol. The van der Waals surface area contributed by atoms with Gasteiger partial charge in [-0.1, -0.05) is 30.3 Å². The summed E-state index contributed by atoms with van der Waals surface area (Å²) < 4.78 is 5.31. The molecule has 0 atom stereocenters. The van der Waals surface area contributed by atoms with Crippen LogP contribution in [0.15, 0.2) is 47.2 Å². The Morgan fingerprint density at radius 2 is 1.93 bits per heavy atom. The molecule has 0 saturated carbocycles. The fraction of sp³-hybridized carbons (Fsp3) is 0. The van der Waals surface area contributed by atoms with E-state index in [1.165, 1.54) is 0 Å². The second kappa shape index (κ2) is 4.31. The molecule has 1 N–H and O–H groups in total. The van der Waals surface area contributed by atoms with Gasteiger partial charge in [-0.2, -0.15) is 0 Å². The van der Waals surface area contributed by atoms with Crippen molar-refractivity contribution >= 4 is 23.9 Å². The van der Waals surface area contributed by atoms with Crippen molar-refractivity contribution in [2.45, 2.75) is 0 Å². The Morgan fingerprint density at radius 3 is 2.57 bits per heavy atom. The second-order valence-electron chi connectivity index (χ2n) is 2.84. The average Bonchev–Trinajstić information content (AvgIpc) is 2.72. The Balaban J connectivity index is 2.07. The van der Waals surface area contributed by atoms with Gasteiger partial charge in [0, 0.05) is 5.38 Å². The predicted molar refractivity (Wildman–Crippen MR) is 59.0 cm³/mol. The highest BCUT2D eigenvalue weighted by Crippen LogP contribution is 2.14. The molecule has 0 fully saturated rings. The second-order valence-corrected chi connectivity index (χ2v) is 3.62. The lowest BCUT2D eigenvalue weighted by molar-refractivity contribution is 0.434. The fourth-order valence-electron chi connectivity index (χ4n) is 1.13. The molecule has 0 radical (unpaired) electrons. The molecule has 2 aromatic rings. The minimum Gasteiger partial charge on any atom is -0.532 e. The number of thiophene rings is 1. The van der Waals surface area contributed by atoms with E-state index < -0.39 is 7.12 Å². The van der Waals surface area contributed by atoms with Crippen LogP contribution in [0.2, 0.25) is 0 Å². The molecule has 0 aliphatic carbocycles. The van der Waals surface area contributed by atoms with Crippen LogP contribution in [0.1, 0.15) is 0 Å². The van der Waals surface area contributed by atoms with Crippen LogP contribution in [0, 0.1) is 0 Å². The highest BCUT2D eigenvalue weighted by Gasteiger charge is 2.17. The van der Waals surface area contributed by atoms with Gasteiger partial charge in [0.15, 0.2) is 0 Å². The summed E-state index contributed by atoms with van der Waals surface area (Å²) in [4.78, 5) is 0. The molecule has 0 aliphatic rings. The van der Waals surface area contributed by atoms with Gasteiger partial charge in [-0.25, -0.2) is 0 Å². The molecule has 2 nitrogen and oxygen atoms in total. The minimum atomic E-state index is -0.884. The zero-order valence-electron chi connectivity index (χ0n) is 7.46. The molecule has 1 aromatic carbocycles. The molecule has 0 spiro atoms. The first-order chi connectivity index (χ1) is 6.86. The first kappa shape index (κ1) is 9.31. The van der Waals surface area contributed by atoms with Crippen LogP contribution < -0.4 is 10.1 Å². The van der Waals surface area contributed by atoms with Gasteiger partial charge in [0.25, 0.3) is 0 Å². The van der Waals surface area contributed by atoms with E-state index in [2.05, 4.69) is 0 Å². The molecule has 14 heavy (non-hydrogen) atoms. The summed E-state index contributed by atoms with van der Waals surface area (Å²) in [6.07, 6.45) is 0. The molecule has 0 saturated heterocycles. The SMILES string of the molecule is OB(Oc1ccsc1)c1ccccc1. The maximum absolute atomic E-state index is 9.67. The largest absolute Gasteiger partial charge is 0.560 e. The summed E-state index contributed by atoms with van der Waals surface area (Å²) in [6.45, 7) is 0. The predicted octanol–water partition coefficient (Wildman–Crippen LogP) is 1.51. The van der Waals surface area contributed by atoms with Crippen LogP contribution >= 0.6 is 11.3 Å². The summed E-state index contributed by atoms with van der Waals surface area (Å²) in [5, 5.41) is 13.4. The number of rotatable bonds is 3. The quantitative estimate of drug-likeness (QED) is 0.768. The summed E-state index contributed by atoms with van der Waals surface area (Å²) in [5.74, 6) is 0.700. The van der Waals surface area contributed by atoms with E-state index in [1.54, 1.807) is 11.3 Å². The van der Waals surface area contributed by atoms with Crippen molar-refractivity contribution in [2.24, 2.45) is 0 Å². The normalized spacial score (nSPS) is 9.79. The molecule has 2 rings (SSSR count). The van der Waals surface area contributed by atoms with Crippen LogP contribution in [-0.4, -0.2) is 12.1 Å². The smallest absolute Gasteiger partial charge is 0.532 e. The Morgan fingerprint density at radius 1 is 1.14 bits per heavy atom. The van der Waals surface area contributed by atoms with Crippen LogP contribution in [0.5, 0.6) is 5.75 Å². The highest BCUT2D eigenvalue weighted by atomic mass is 32.1. The van der Waals surface area contributed by atoms with E-state index in [0.717, 1.165) is 5.46 Å². The molecule has 0 amide bonds. The molecular formula is C10H9BO2S. The molecule has 70 valence electrons. The topological polar surface area (TPSA) is 29.5 Å². The Hall–Kier alpha value is -1.26. The molecule has 4 heteroatoms. The van der Waals surface area contributed by atoms with Crippen LogP contribution in [0.4, 0.5) is 0 Å². The molecule has 0 aliphatic heterocycles. The van der Waals surface area contributed by atoms with E-state index in [4.69, 9.17) is 4.65 Å². The van der Waals surface area contributed by atoms with Crippen molar-refractivity contribution in [3.8, 4) is 5.75 Å². The zero-order valence-corrected chi connectivity index (χ0v) is 8.28. The lowest BCUT2D eigenvalue weighted by atomic mass is 9.80. The first-order valence-electron chi connectivity index (χ1n) is 4.28. The fourth-order valence-corrected chi connectivity index (χ4v) is 1.69. The van der Waals surface area contributed by atoms with Gasteiger partial charge >= 0.3 is 7.12 Å². The Kier molecular flexibility index (Phi) is 2.86. The average molecular weight is 204 g/mol. The van der Waals surface area contributed by atoms with Crippen molar-refractivity contribution in [1.29, 1.82) is 0 Å². The molecular weight excluding hydrogens is 195 g/mol. The third-order valence-corrected chi connectivity index (χ3v) is 2.49. The van der Waals surface area contributed by atoms with Gasteiger partial charge in [-0.15, -0.1) is 11.3 Å². The van der Waals surface area contributed by atoms with E-state index in [0.29, 0.717) is 5.75 Å². The standard InChI is InChI=1S/C10H9BO2S/c12-11(9-4-2-1-3-5-9)13-10-6-7-14-8-10/h1-8,12H. The lowest BCUT2D eigenvalue weighted by Gasteiger charge is -2.07. The van der Waals surface area contributed by atoms with Gasteiger partial charge in [0.1, 0.15) is 5.75 Å². The minimum absolute atomic E-state index is 0.700. The molecule has 1 aromatic heterocycles. The third-order valence-electron chi connectivity index (χ3n) is 1.83. The molecule has 0 unspecified atom stereocenters. The van der Waals surface area contributed by atoms with Gasteiger partial charge in [-0.3, -0.25) is 0 Å². The molecule has 0 bridgehead atoms. The number of benzene rings is 1. The van der Waals surface area contributed by atoms with Crippen LogP contribution in [-0.2, 0) is 0 Å². The third kappa shape index (κ3) is 2.16. The lowest BCUT2D eigenvalue weighted by Crippen LogP contribution is -2.36. The summed E-state index contributed by atoms with van der Waals surface area (Å²) in [6, 6.07) is 11.1. The summed E-state index contributed by atoms with van der Waals surface area (Å²) in [5.41, 5.74) is 0.763. The van der Waals surface area contributed by atoms with Crippen molar-refractivity contribution in [3.63, 3.8) is 0 Å². The van der Waals surface area contributed by atoms with Crippen LogP contribution in [0.3, 0.4) is 0 Å². The Bertz CT molecular complexity index is 374. The zero-order chi connectivity index (χ0) is 9.80. The summed E-state index contributed by atoms with van der Waals surface area (Å²) in [7, 11) is -0.884. The van der Waals surface area contributed by atoms with E-state index in [9.17, 15) is 5.02 Å². The van der Waals surface area contributed by atoms with E-state index >= 15 is 0 Å². The summed E-state index contributed by atoms with van der Waals surface area (Å²) >= 11 is 1.54.